The van der Waals surface area contributed by atoms with Gasteiger partial charge < -0.3 is 34.9 Å². The van der Waals surface area contributed by atoms with E-state index in [9.17, 15) is 41.8 Å². The molecule has 2 saturated heterocycles. The molecule has 0 spiro atoms. The Hall–Kier alpha value is -5.65. The van der Waals surface area contributed by atoms with Gasteiger partial charge in [0.2, 0.25) is 11.8 Å². The van der Waals surface area contributed by atoms with Crippen molar-refractivity contribution < 1.29 is 46.6 Å². The van der Waals surface area contributed by atoms with Gasteiger partial charge in [-0.05, 0) is 91.7 Å². The molecular formula is C48H49ClF4N8O6. The number of carbonyl (C=O) groups is 4. The van der Waals surface area contributed by atoms with Crippen LogP contribution in [0.15, 0.2) is 54.7 Å². The number of fused-ring (bicyclic) bond motifs is 4. The molecule has 0 bridgehead atoms. The molecule has 4 aromatic rings. The molecule has 4 amide bonds. The summed E-state index contributed by atoms with van der Waals surface area (Å²) in [5.74, 6) is -8.41. The lowest BCUT2D eigenvalue weighted by Gasteiger charge is -2.36. The second kappa shape index (κ2) is 14.9. The fourth-order valence-corrected chi connectivity index (χ4v) is 13.2. The first-order chi connectivity index (χ1) is 32.0. The first-order valence-electron chi connectivity index (χ1n) is 23.2. The van der Waals surface area contributed by atoms with Gasteiger partial charge in [-0.15, -0.1) is 0 Å². The lowest BCUT2D eigenvalue weighted by atomic mass is 9.91. The number of benzene rings is 2. The van der Waals surface area contributed by atoms with E-state index in [2.05, 4.69) is 15.3 Å². The Morgan fingerprint density at radius 1 is 0.746 bits per heavy atom. The monoisotopic (exact) mass is 944 g/mol. The molecule has 19 heteroatoms. The van der Waals surface area contributed by atoms with Crippen LogP contribution < -0.4 is 5.32 Å². The van der Waals surface area contributed by atoms with Crippen LogP contribution in [0.3, 0.4) is 0 Å². The van der Waals surface area contributed by atoms with Gasteiger partial charge in [0, 0.05) is 48.4 Å². The van der Waals surface area contributed by atoms with Crippen molar-refractivity contribution in [2.24, 2.45) is 47.3 Å². The summed E-state index contributed by atoms with van der Waals surface area (Å²) in [4.78, 5) is 73.9. The van der Waals surface area contributed by atoms with Gasteiger partial charge in [0.15, 0.2) is 0 Å². The van der Waals surface area contributed by atoms with Crippen molar-refractivity contribution in [2.75, 3.05) is 14.2 Å². The summed E-state index contributed by atoms with van der Waals surface area (Å²) in [5, 5.41) is 12.9. The van der Waals surface area contributed by atoms with Crippen LogP contribution in [0.4, 0.5) is 27.2 Å². The molecule has 2 aliphatic heterocycles. The van der Waals surface area contributed by atoms with Gasteiger partial charge in [-0.25, -0.2) is 37.1 Å². The molecule has 8 aliphatic rings. The second-order valence-electron chi connectivity index (χ2n) is 20.4. The van der Waals surface area contributed by atoms with Crippen molar-refractivity contribution in [3.05, 3.63) is 71.5 Å². The number of hydrogen-bond donors (Lipinski definition) is 4. The number of nitrogens with one attached hydrogen (secondary N) is 3. The number of hydrogen-bond acceptors (Lipinski definition) is 7. The quantitative estimate of drug-likeness (QED) is 0.108. The zero-order valence-corrected chi connectivity index (χ0v) is 37.3. The molecule has 67 heavy (non-hydrogen) atoms. The average Bonchev–Trinajstić information content (AvgIpc) is 4.02. The van der Waals surface area contributed by atoms with E-state index in [0.29, 0.717) is 35.3 Å². The molecule has 2 aromatic carbocycles. The normalized spacial score (nSPS) is 33.8. The number of carboxylic acid groups (broad SMARTS) is 1. The largest absolute Gasteiger partial charge is 0.465 e. The third-order valence-electron chi connectivity index (χ3n) is 16.9. The first kappa shape index (κ1) is 42.7. The number of methoxy groups -OCH3 is 1. The maximum Gasteiger partial charge on any atom is 0.407 e. The van der Waals surface area contributed by atoms with Crippen molar-refractivity contribution in [2.45, 2.75) is 99.5 Å². The van der Waals surface area contributed by atoms with Crippen LogP contribution in [0.5, 0.6) is 0 Å². The number of nitrogens with zero attached hydrogens (tertiary/aromatic N) is 5. The van der Waals surface area contributed by atoms with E-state index in [1.807, 2.05) is 48.5 Å². The van der Waals surface area contributed by atoms with Gasteiger partial charge >= 0.3 is 12.2 Å². The number of carbonyl (C=O) groups excluding carboxylic acids is 3. The van der Waals surface area contributed by atoms with Crippen LogP contribution in [0.25, 0.3) is 33.6 Å². The van der Waals surface area contributed by atoms with Gasteiger partial charge in [-0.2, -0.15) is 0 Å². The summed E-state index contributed by atoms with van der Waals surface area (Å²) in [6.07, 6.45) is 3.27. The number of imidazole rings is 2. The van der Waals surface area contributed by atoms with E-state index in [1.165, 1.54) is 14.2 Å². The SMILES string of the molecule is COC(=O)NC(C(=O)N1[C@@H]2CC2C[C@H]1c1nc(-c2ccc(-c3ccc(-c4cnc([C@@H]5CC6C[C@H]6N5C(=O)C(C5C[C@@H]6[C@H](C5)C6(F)F)N(C)C(=O)O)[nH]4)cc3)cc2)c(Cl)[nH]1)C1C[C@@H]2[C@H](C1)C2(F)F. The summed E-state index contributed by atoms with van der Waals surface area (Å²) in [5.41, 5.74) is 4.79. The molecule has 4 N–H and O–H groups in total. The van der Waals surface area contributed by atoms with Crippen LogP contribution in [-0.2, 0) is 14.3 Å². The van der Waals surface area contributed by atoms with Crippen molar-refractivity contribution in [1.29, 1.82) is 0 Å². The fraction of sp³-hybridized carbons (Fsp3) is 0.542. The second-order valence-corrected chi connectivity index (χ2v) is 20.8. The number of piperidine rings is 2. The summed E-state index contributed by atoms with van der Waals surface area (Å²) in [7, 11) is 2.56. The van der Waals surface area contributed by atoms with Crippen LogP contribution in [0.1, 0.15) is 75.1 Å². The molecule has 12 rings (SSSR count). The van der Waals surface area contributed by atoms with E-state index in [4.69, 9.17) is 26.3 Å². The lowest BCUT2D eigenvalue weighted by molar-refractivity contribution is -0.140. The number of rotatable bonds is 11. The predicted molar refractivity (Wildman–Crippen MR) is 232 cm³/mol. The Bertz CT molecular complexity index is 2670. The molecule has 6 unspecified atom stereocenters. The number of H-pyrrole nitrogens is 2. The highest BCUT2D eigenvalue weighted by Gasteiger charge is 2.74. The Morgan fingerprint density at radius 3 is 1.81 bits per heavy atom. The van der Waals surface area contributed by atoms with Crippen LogP contribution >= 0.6 is 11.6 Å². The van der Waals surface area contributed by atoms with Crippen LogP contribution in [0, 0.1) is 47.3 Å². The van der Waals surface area contributed by atoms with Gasteiger partial charge in [0.05, 0.1) is 31.1 Å². The Labute approximate surface area is 387 Å². The van der Waals surface area contributed by atoms with E-state index in [-0.39, 0.29) is 67.5 Å². The highest BCUT2D eigenvalue weighted by atomic mass is 35.5. The number of alkyl carbamates (subject to hydrolysis) is 1. The third-order valence-corrected chi connectivity index (χ3v) is 17.2. The van der Waals surface area contributed by atoms with E-state index in [1.54, 1.807) is 16.0 Å². The first-order valence-corrected chi connectivity index (χ1v) is 23.6. The highest BCUT2D eigenvalue weighted by Crippen LogP contribution is 2.68. The summed E-state index contributed by atoms with van der Waals surface area (Å²) >= 11 is 6.78. The molecule has 14 atom stereocenters. The molecule has 8 fully saturated rings. The lowest BCUT2D eigenvalue weighted by Crippen LogP contribution is -2.53. The Morgan fingerprint density at radius 2 is 1.25 bits per heavy atom. The number of ether oxygens (including phenoxy) is 1. The van der Waals surface area contributed by atoms with Crippen LogP contribution in [0.2, 0.25) is 5.15 Å². The van der Waals surface area contributed by atoms with Crippen molar-refractivity contribution in [3.63, 3.8) is 0 Å². The zero-order chi connectivity index (χ0) is 46.6. The Balaban J connectivity index is 0.723. The van der Waals surface area contributed by atoms with Gasteiger partial charge in [0.25, 0.3) is 11.8 Å². The topological polar surface area (TPSA) is 177 Å². The molecule has 352 valence electrons. The van der Waals surface area contributed by atoms with Gasteiger partial charge in [-0.3, -0.25) is 14.5 Å². The highest BCUT2D eigenvalue weighted by molar-refractivity contribution is 6.32. The summed E-state index contributed by atoms with van der Waals surface area (Å²) < 4.78 is 61.3. The molecule has 0 radical (unpaired) electrons. The number of aromatic nitrogens is 4. The number of amides is 4. The number of aromatic amines is 2. The molecule has 6 aliphatic carbocycles. The van der Waals surface area contributed by atoms with Crippen molar-refractivity contribution in [3.8, 4) is 33.6 Å². The van der Waals surface area contributed by atoms with Crippen molar-refractivity contribution in [1.82, 2.24) is 40.0 Å². The summed E-state index contributed by atoms with van der Waals surface area (Å²) in [6, 6.07) is 12.8. The minimum absolute atomic E-state index is 0.0320. The Kier molecular flexibility index (Phi) is 9.51. The number of likely N-dealkylation sites (N-methyl/N-ethyl adjacent to an activating group) is 1. The minimum Gasteiger partial charge on any atom is -0.465 e. The maximum absolute atomic E-state index is 14.3. The van der Waals surface area contributed by atoms with E-state index >= 15 is 0 Å². The fourth-order valence-electron chi connectivity index (χ4n) is 13.0. The molecule has 6 saturated carbocycles. The molecule has 14 nitrogen and oxygen atoms in total. The number of halogens is 5. The molecule has 2 aromatic heterocycles. The predicted octanol–water partition coefficient (Wildman–Crippen LogP) is 8.40. The smallest absolute Gasteiger partial charge is 0.407 e. The van der Waals surface area contributed by atoms with Gasteiger partial charge in [-0.1, -0.05) is 60.1 Å². The average molecular weight is 945 g/mol. The number of likely N-dealkylation sites (tertiary alicyclic amines) is 2. The third kappa shape index (κ3) is 6.84. The van der Waals surface area contributed by atoms with Crippen molar-refractivity contribution >= 4 is 35.6 Å². The van der Waals surface area contributed by atoms with Gasteiger partial charge in [0.1, 0.15) is 34.6 Å². The molecule has 4 heterocycles. The minimum atomic E-state index is -2.73. The summed E-state index contributed by atoms with van der Waals surface area (Å²) in [6.45, 7) is 0. The van der Waals surface area contributed by atoms with Crippen LogP contribution in [-0.4, -0.2) is 114 Å². The van der Waals surface area contributed by atoms with E-state index < -0.39 is 77.7 Å². The number of alkyl halides is 4. The maximum atomic E-state index is 14.3. The standard InChI is InChI=1S/C48H49ClF4N8O6/c1-59(46(65)66)39(27-13-30-31(14-27)48(30,52)53)44(63)61-34-16-24(34)17-35(61)41-54-19-32(55-41)22-7-3-20(4-8-22)21-5-9-23(10-6-21)37-40(49)58-42(56-37)36-18-25-15-33(25)60(36)43(62)38(57-45(64)67-2)26-11-28-29(12-26)47(28,50)51/h3-10,19,24-31,33-36,38-39H,11-18H2,1-2H3,(H,54,55)(H,56,58)(H,57,64)(H,65,66)/t24?,25?,26?,27?,28-,29+,30-,31+,33-,34-,35+,36+,38?,39?/m1/s1. The zero-order valence-electron chi connectivity index (χ0n) is 36.6. The van der Waals surface area contributed by atoms with E-state index in [0.717, 1.165) is 45.7 Å². The molecular weight excluding hydrogens is 896 g/mol.